The van der Waals surface area contributed by atoms with E-state index in [1.165, 1.54) is 0 Å². The Morgan fingerprint density at radius 3 is 2.64 bits per heavy atom. The number of methoxy groups -OCH3 is 1. The van der Waals surface area contributed by atoms with Crippen LogP contribution in [-0.2, 0) is 9.53 Å². The van der Waals surface area contributed by atoms with Gasteiger partial charge in [-0.05, 0) is 32.4 Å². The summed E-state index contributed by atoms with van der Waals surface area (Å²) in [5.74, 6) is 0.680. The number of benzene rings is 1. The number of nitrogens with one attached hydrogen (secondary N) is 2. The normalized spacial score (nSPS) is 17.8. The molecule has 0 saturated carbocycles. The second-order valence-electron chi connectivity index (χ2n) is 6.29. The molecule has 1 aliphatic rings. The molecule has 2 N–H and O–H groups in total. The van der Waals surface area contributed by atoms with E-state index >= 15 is 0 Å². The molecule has 6 nitrogen and oxygen atoms in total. The summed E-state index contributed by atoms with van der Waals surface area (Å²) in [5, 5.41) is 5.55. The fourth-order valence-corrected chi connectivity index (χ4v) is 2.37. The molecule has 1 atom stereocenters. The van der Waals surface area contributed by atoms with Gasteiger partial charge in [0.1, 0.15) is 11.4 Å². The molecule has 1 saturated heterocycles. The molecule has 1 unspecified atom stereocenters. The highest BCUT2D eigenvalue weighted by Gasteiger charge is 2.26. The standard InChI is InChI=1S/C16H22N2O4/c1-16(2,3)22-15(20)18-13-8-11(21-4)5-6-12(13)10-7-14(19)17-9-10/h5-6,8,10H,7,9H2,1-4H3,(H,17,19)(H,18,20). The third-order valence-corrected chi connectivity index (χ3v) is 3.31. The van der Waals surface area contributed by atoms with Crippen LogP contribution in [0.15, 0.2) is 18.2 Å². The molecule has 2 amide bonds. The topological polar surface area (TPSA) is 76.7 Å². The SMILES string of the molecule is COc1ccc(C2CNC(=O)C2)c(NC(=O)OC(C)(C)C)c1. The molecule has 1 fully saturated rings. The fraction of sp³-hybridized carbons (Fsp3) is 0.500. The Bertz CT molecular complexity index is 578. The number of carbonyl (C=O) groups is 2. The number of rotatable bonds is 3. The molecule has 1 aromatic rings. The largest absolute Gasteiger partial charge is 0.497 e. The molecule has 0 bridgehead atoms. The lowest BCUT2D eigenvalue weighted by Crippen LogP contribution is -2.27. The Morgan fingerprint density at radius 2 is 2.09 bits per heavy atom. The van der Waals surface area contributed by atoms with Gasteiger partial charge in [-0.15, -0.1) is 0 Å². The molecule has 1 aliphatic heterocycles. The van der Waals surface area contributed by atoms with Crippen LogP contribution in [0.5, 0.6) is 5.75 Å². The van der Waals surface area contributed by atoms with Gasteiger partial charge >= 0.3 is 6.09 Å². The molecule has 2 rings (SSSR count). The van der Waals surface area contributed by atoms with Crippen molar-refractivity contribution in [3.05, 3.63) is 23.8 Å². The Morgan fingerprint density at radius 1 is 1.36 bits per heavy atom. The Kier molecular flexibility index (Phi) is 4.59. The van der Waals surface area contributed by atoms with E-state index in [0.717, 1.165) is 5.56 Å². The first-order valence-electron chi connectivity index (χ1n) is 7.23. The first kappa shape index (κ1) is 16.1. The van der Waals surface area contributed by atoms with Gasteiger partial charge in [-0.25, -0.2) is 4.79 Å². The van der Waals surface area contributed by atoms with E-state index in [9.17, 15) is 9.59 Å². The van der Waals surface area contributed by atoms with Gasteiger partial charge in [0.05, 0.1) is 12.8 Å². The summed E-state index contributed by atoms with van der Waals surface area (Å²) in [5.41, 5.74) is 0.925. The van der Waals surface area contributed by atoms with Crippen LogP contribution in [0, 0.1) is 0 Å². The minimum Gasteiger partial charge on any atom is -0.497 e. The van der Waals surface area contributed by atoms with E-state index in [1.807, 2.05) is 12.1 Å². The zero-order valence-electron chi connectivity index (χ0n) is 13.4. The van der Waals surface area contributed by atoms with Crippen LogP contribution in [0.2, 0.25) is 0 Å². The molecule has 0 radical (unpaired) electrons. The maximum Gasteiger partial charge on any atom is 0.412 e. The molecular weight excluding hydrogens is 284 g/mol. The van der Waals surface area contributed by atoms with Crippen LogP contribution in [-0.4, -0.2) is 31.3 Å². The highest BCUT2D eigenvalue weighted by molar-refractivity contribution is 5.87. The van der Waals surface area contributed by atoms with Gasteiger partial charge in [0, 0.05) is 24.9 Å². The van der Waals surface area contributed by atoms with Crippen LogP contribution in [0.1, 0.15) is 38.7 Å². The minimum absolute atomic E-state index is 0.0176. The van der Waals surface area contributed by atoms with Crippen LogP contribution in [0.25, 0.3) is 0 Å². The second kappa shape index (κ2) is 6.25. The lowest BCUT2D eigenvalue weighted by Gasteiger charge is -2.21. The van der Waals surface area contributed by atoms with Gasteiger partial charge in [0.25, 0.3) is 0 Å². The Labute approximate surface area is 130 Å². The van der Waals surface area contributed by atoms with Crippen LogP contribution in [0.4, 0.5) is 10.5 Å². The van der Waals surface area contributed by atoms with Crippen molar-refractivity contribution in [2.24, 2.45) is 0 Å². The molecular formula is C16H22N2O4. The minimum atomic E-state index is -0.575. The quantitative estimate of drug-likeness (QED) is 0.900. The zero-order valence-corrected chi connectivity index (χ0v) is 13.4. The summed E-state index contributed by atoms with van der Waals surface area (Å²) in [4.78, 5) is 23.4. The Balaban J connectivity index is 2.23. The van der Waals surface area contributed by atoms with Crippen molar-refractivity contribution in [2.45, 2.75) is 38.7 Å². The van der Waals surface area contributed by atoms with Gasteiger partial charge in [-0.2, -0.15) is 0 Å². The average Bonchev–Trinajstić information content (AvgIpc) is 2.82. The first-order chi connectivity index (χ1) is 10.3. The number of anilines is 1. The second-order valence-corrected chi connectivity index (χ2v) is 6.29. The average molecular weight is 306 g/mol. The molecule has 6 heteroatoms. The molecule has 1 heterocycles. The predicted molar refractivity (Wildman–Crippen MR) is 83.2 cm³/mol. The molecule has 0 spiro atoms. The van der Waals surface area contributed by atoms with Crippen LogP contribution in [0.3, 0.4) is 0 Å². The van der Waals surface area contributed by atoms with E-state index in [0.29, 0.717) is 24.4 Å². The van der Waals surface area contributed by atoms with Crippen LogP contribution < -0.4 is 15.4 Å². The van der Waals surface area contributed by atoms with E-state index < -0.39 is 11.7 Å². The maximum absolute atomic E-state index is 12.0. The van der Waals surface area contributed by atoms with Crippen molar-refractivity contribution >= 4 is 17.7 Å². The summed E-state index contributed by atoms with van der Waals surface area (Å²) in [6.07, 6.45) is -0.116. The van der Waals surface area contributed by atoms with Crippen molar-refractivity contribution in [1.29, 1.82) is 0 Å². The zero-order chi connectivity index (χ0) is 16.3. The van der Waals surface area contributed by atoms with Crippen molar-refractivity contribution < 1.29 is 19.1 Å². The van der Waals surface area contributed by atoms with Crippen molar-refractivity contribution in [1.82, 2.24) is 5.32 Å². The van der Waals surface area contributed by atoms with Gasteiger partial charge in [0.2, 0.25) is 5.91 Å². The van der Waals surface area contributed by atoms with Gasteiger partial charge in [0.15, 0.2) is 0 Å². The molecule has 1 aromatic carbocycles. The molecule has 0 aromatic heterocycles. The molecule has 120 valence electrons. The number of hydrogen-bond donors (Lipinski definition) is 2. The maximum atomic E-state index is 12.0. The summed E-state index contributed by atoms with van der Waals surface area (Å²) < 4.78 is 10.5. The van der Waals surface area contributed by atoms with Crippen molar-refractivity contribution in [3.8, 4) is 5.75 Å². The van der Waals surface area contributed by atoms with E-state index in [2.05, 4.69) is 10.6 Å². The summed E-state index contributed by atoms with van der Waals surface area (Å²) in [7, 11) is 1.56. The summed E-state index contributed by atoms with van der Waals surface area (Å²) >= 11 is 0. The number of ether oxygens (including phenoxy) is 2. The van der Waals surface area contributed by atoms with Gasteiger partial charge in [-0.3, -0.25) is 10.1 Å². The number of carbonyl (C=O) groups excluding carboxylic acids is 2. The van der Waals surface area contributed by atoms with Crippen molar-refractivity contribution in [2.75, 3.05) is 19.0 Å². The number of amides is 2. The lowest BCUT2D eigenvalue weighted by molar-refractivity contribution is -0.119. The summed E-state index contributed by atoms with van der Waals surface area (Å²) in [6.45, 7) is 5.98. The lowest BCUT2D eigenvalue weighted by atomic mass is 9.96. The molecule has 0 aliphatic carbocycles. The first-order valence-corrected chi connectivity index (χ1v) is 7.23. The third-order valence-electron chi connectivity index (χ3n) is 3.31. The van der Waals surface area contributed by atoms with E-state index in [4.69, 9.17) is 9.47 Å². The fourth-order valence-electron chi connectivity index (χ4n) is 2.37. The van der Waals surface area contributed by atoms with E-state index in [1.54, 1.807) is 33.9 Å². The highest BCUT2D eigenvalue weighted by atomic mass is 16.6. The third kappa shape index (κ3) is 4.13. The van der Waals surface area contributed by atoms with Crippen molar-refractivity contribution in [3.63, 3.8) is 0 Å². The smallest absolute Gasteiger partial charge is 0.412 e. The molecule has 22 heavy (non-hydrogen) atoms. The number of hydrogen-bond acceptors (Lipinski definition) is 4. The highest BCUT2D eigenvalue weighted by Crippen LogP contribution is 2.32. The predicted octanol–water partition coefficient (Wildman–Crippen LogP) is 2.65. The monoisotopic (exact) mass is 306 g/mol. The summed E-state index contributed by atoms with van der Waals surface area (Å²) in [6, 6.07) is 5.43. The van der Waals surface area contributed by atoms with Gasteiger partial charge < -0.3 is 14.8 Å². The van der Waals surface area contributed by atoms with E-state index in [-0.39, 0.29) is 11.8 Å². The van der Waals surface area contributed by atoms with Crippen LogP contribution >= 0.6 is 0 Å². The Hall–Kier alpha value is -2.24. The van der Waals surface area contributed by atoms with Gasteiger partial charge in [-0.1, -0.05) is 6.07 Å².